The quantitative estimate of drug-likeness (QED) is 0.767. The molecular formula is C20H33Cl2N3O. The Labute approximate surface area is 170 Å². The minimum atomic E-state index is 0. The summed E-state index contributed by atoms with van der Waals surface area (Å²) >= 11 is 0. The monoisotopic (exact) mass is 401 g/mol. The molecule has 0 bridgehead atoms. The molecule has 26 heavy (non-hydrogen) atoms. The summed E-state index contributed by atoms with van der Waals surface area (Å²) in [4.78, 5) is 14.9. The molecule has 1 amide bonds. The van der Waals surface area contributed by atoms with Crippen LogP contribution in [0.3, 0.4) is 0 Å². The molecule has 2 aliphatic rings. The maximum Gasteiger partial charge on any atom is 0.223 e. The SMILES string of the molecule is CC(C)N(C)Cc1ccccc1CNC(=O)C1CC12CCNCC2.Cl.Cl. The predicted octanol–water partition coefficient (Wildman–Crippen LogP) is 3.38. The highest BCUT2D eigenvalue weighted by atomic mass is 35.5. The summed E-state index contributed by atoms with van der Waals surface area (Å²) in [6.07, 6.45) is 3.39. The Kier molecular flexibility index (Phi) is 8.87. The fraction of sp³-hybridized carbons (Fsp3) is 0.650. The molecule has 4 nitrogen and oxygen atoms in total. The molecule has 1 aromatic rings. The van der Waals surface area contributed by atoms with Crippen LogP contribution in [0.5, 0.6) is 0 Å². The van der Waals surface area contributed by atoms with Gasteiger partial charge in [-0.25, -0.2) is 0 Å². The van der Waals surface area contributed by atoms with Crippen LogP contribution in [0.25, 0.3) is 0 Å². The number of hydrogen-bond donors (Lipinski definition) is 2. The molecule has 148 valence electrons. The van der Waals surface area contributed by atoms with E-state index in [1.54, 1.807) is 0 Å². The van der Waals surface area contributed by atoms with Crippen LogP contribution < -0.4 is 10.6 Å². The highest BCUT2D eigenvalue weighted by Gasteiger charge is 2.57. The van der Waals surface area contributed by atoms with Crippen molar-refractivity contribution in [3.63, 3.8) is 0 Å². The van der Waals surface area contributed by atoms with Crippen molar-refractivity contribution in [3.05, 3.63) is 35.4 Å². The first-order valence-electron chi connectivity index (χ1n) is 9.27. The standard InChI is InChI=1S/C20H31N3O.2ClH/c1-15(2)23(3)14-17-7-5-4-6-16(17)13-22-19(24)18-12-20(18)8-10-21-11-9-20;;/h4-7,15,18,21H,8-14H2,1-3H3,(H,22,24);2*1H. The van der Waals surface area contributed by atoms with E-state index < -0.39 is 0 Å². The van der Waals surface area contributed by atoms with Crippen LogP contribution in [-0.2, 0) is 17.9 Å². The van der Waals surface area contributed by atoms with Crippen molar-refractivity contribution in [1.29, 1.82) is 0 Å². The Hall–Kier alpha value is -0.810. The zero-order valence-corrected chi connectivity index (χ0v) is 17.7. The van der Waals surface area contributed by atoms with Crippen LogP contribution >= 0.6 is 24.8 Å². The van der Waals surface area contributed by atoms with E-state index in [2.05, 4.69) is 60.7 Å². The van der Waals surface area contributed by atoms with Crippen molar-refractivity contribution in [1.82, 2.24) is 15.5 Å². The number of piperidine rings is 1. The van der Waals surface area contributed by atoms with Crippen molar-refractivity contribution in [2.75, 3.05) is 20.1 Å². The van der Waals surface area contributed by atoms with Crippen LogP contribution in [0, 0.1) is 11.3 Å². The van der Waals surface area contributed by atoms with Gasteiger partial charge in [-0.1, -0.05) is 24.3 Å². The van der Waals surface area contributed by atoms with Gasteiger partial charge in [0.2, 0.25) is 5.91 Å². The van der Waals surface area contributed by atoms with Crippen molar-refractivity contribution in [2.45, 2.75) is 52.2 Å². The van der Waals surface area contributed by atoms with Crippen LogP contribution in [0.1, 0.15) is 44.2 Å². The Morgan fingerprint density at radius 3 is 2.46 bits per heavy atom. The number of benzene rings is 1. The highest BCUT2D eigenvalue weighted by molar-refractivity contribution is 5.85. The molecular weight excluding hydrogens is 369 g/mol. The number of carbonyl (C=O) groups is 1. The zero-order chi connectivity index (χ0) is 17.2. The Balaban J connectivity index is 0.00000169. The lowest BCUT2D eigenvalue weighted by atomic mass is 9.92. The molecule has 1 aromatic carbocycles. The molecule has 3 rings (SSSR count). The first-order chi connectivity index (χ1) is 11.5. The van der Waals surface area contributed by atoms with Crippen molar-refractivity contribution >= 4 is 30.7 Å². The molecule has 1 saturated carbocycles. The van der Waals surface area contributed by atoms with Gasteiger partial charge in [0.15, 0.2) is 0 Å². The smallest absolute Gasteiger partial charge is 0.223 e. The highest BCUT2D eigenvalue weighted by Crippen LogP contribution is 2.58. The first kappa shape index (κ1) is 23.2. The predicted molar refractivity (Wildman–Crippen MR) is 112 cm³/mol. The average molecular weight is 402 g/mol. The molecule has 2 fully saturated rings. The number of rotatable bonds is 6. The molecule has 6 heteroatoms. The third kappa shape index (κ3) is 5.35. The summed E-state index contributed by atoms with van der Waals surface area (Å²) in [7, 11) is 2.14. The van der Waals surface area contributed by atoms with Crippen LogP contribution in [0.15, 0.2) is 24.3 Å². The summed E-state index contributed by atoms with van der Waals surface area (Å²) in [6, 6.07) is 8.97. The lowest BCUT2D eigenvalue weighted by Gasteiger charge is -2.24. The Bertz CT molecular complexity index is 588. The van der Waals surface area contributed by atoms with Gasteiger partial charge in [0.05, 0.1) is 0 Å². The molecule has 1 aliphatic carbocycles. The van der Waals surface area contributed by atoms with E-state index in [1.165, 1.54) is 11.1 Å². The maximum absolute atomic E-state index is 12.6. The molecule has 1 unspecified atom stereocenters. The lowest BCUT2D eigenvalue weighted by molar-refractivity contribution is -0.123. The largest absolute Gasteiger partial charge is 0.352 e. The topological polar surface area (TPSA) is 44.4 Å². The summed E-state index contributed by atoms with van der Waals surface area (Å²) < 4.78 is 0. The van der Waals surface area contributed by atoms with E-state index in [0.29, 0.717) is 18.0 Å². The second kappa shape index (κ2) is 9.93. The molecule has 1 aliphatic heterocycles. The van der Waals surface area contributed by atoms with Gasteiger partial charge in [-0.2, -0.15) is 0 Å². The number of amides is 1. The third-order valence-corrected chi connectivity index (χ3v) is 5.98. The lowest BCUT2D eigenvalue weighted by Crippen LogP contribution is -2.33. The first-order valence-corrected chi connectivity index (χ1v) is 9.27. The van der Waals surface area contributed by atoms with E-state index in [4.69, 9.17) is 0 Å². The summed E-state index contributed by atoms with van der Waals surface area (Å²) in [5.74, 6) is 0.494. The number of nitrogens with zero attached hydrogens (tertiary/aromatic N) is 1. The van der Waals surface area contributed by atoms with Gasteiger partial charge >= 0.3 is 0 Å². The van der Waals surface area contributed by atoms with Gasteiger partial charge in [-0.3, -0.25) is 9.69 Å². The molecule has 0 aromatic heterocycles. The second-order valence-electron chi connectivity index (χ2n) is 7.86. The number of carbonyl (C=O) groups excluding carboxylic acids is 1. The second-order valence-corrected chi connectivity index (χ2v) is 7.86. The van der Waals surface area contributed by atoms with Gasteiger partial charge in [0, 0.05) is 25.0 Å². The van der Waals surface area contributed by atoms with Gasteiger partial charge in [-0.05, 0) is 69.8 Å². The number of nitrogens with one attached hydrogen (secondary N) is 2. The fourth-order valence-electron chi connectivity index (χ4n) is 3.84. The molecule has 2 N–H and O–H groups in total. The minimum absolute atomic E-state index is 0. The third-order valence-electron chi connectivity index (χ3n) is 5.98. The van der Waals surface area contributed by atoms with Gasteiger partial charge in [-0.15, -0.1) is 24.8 Å². The molecule has 0 radical (unpaired) electrons. The van der Waals surface area contributed by atoms with E-state index >= 15 is 0 Å². The minimum Gasteiger partial charge on any atom is -0.352 e. The van der Waals surface area contributed by atoms with Crippen LogP contribution in [-0.4, -0.2) is 37.0 Å². The number of hydrogen-bond acceptors (Lipinski definition) is 3. The number of halogens is 2. The van der Waals surface area contributed by atoms with E-state index in [9.17, 15) is 4.79 Å². The normalized spacial score (nSPS) is 20.4. The molecule has 1 heterocycles. The van der Waals surface area contributed by atoms with Gasteiger partial charge in [0.1, 0.15) is 0 Å². The summed E-state index contributed by atoms with van der Waals surface area (Å²) in [5.41, 5.74) is 2.85. The van der Waals surface area contributed by atoms with E-state index in [0.717, 1.165) is 38.9 Å². The maximum atomic E-state index is 12.6. The Morgan fingerprint density at radius 1 is 1.23 bits per heavy atom. The van der Waals surface area contributed by atoms with Crippen molar-refractivity contribution in [2.24, 2.45) is 11.3 Å². The Morgan fingerprint density at radius 2 is 1.85 bits per heavy atom. The van der Waals surface area contributed by atoms with E-state index in [1.807, 2.05) is 0 Å². The van der Waals surface area contributed by atoms with Gasteiger partial charge < -0.3 is 10.6 Å². The zero-order valence-electron chi connectivity index (χ0n) is 16.1. The van der Waals surface area contributed by atoms with Gasteiger partial charge in [0.25, 0.3) is 0 Å². The molecule has 1 saturated heterocycles. The molecule has 1 atom stereocenters. The van der Waals surface area contributed by atoms with Crippen LogP contribution in [0.2, 0.25) is 0 Å². The fourth-order valence-corrected chi connectivity index (χ4v) is 3.84. The summed E-state index contributed by atoms with van der Waals surface area (Å²) in [5, 5.41) is 6.59. The molecule has 1 spiro atoms. The van der Waals surface area contributed by atoms with E-state index in [-0.39, 0.29) is 36.6 Å². The average Bonchev–Trinajstić information content (AvgIpc) is 3.27. The van der Waals surface area contributed by atoms with Crippen LogP contribution in [0.4, 0.5) is 0 Å². The van der Waals surface area contributed by atoms with Crippen molar-refractivity contribution < 1.29 is 4.79 Å². The van der Waals surface area contributed by atoms with Crippen molar-refractivity contribution in [3.8, 4) is 0 Å². The summed E-state index contributed by atoms with van der Waals surface area (Å²) in [6.45, 7) is 8.10.